The molecule has 2 aromatic rings. The van der Waals surface area contributed by atoms with Gasteiger partial charge in [0.15, 0.2) is 6.10 Å². The summed E-state index contributed by atoms with van der Waals surface area (Å²) in [5.74, 6) is -5.79. The van der Waals surface area contributed by atoms with Crippen LogP contribution < -0.4 is 4.74 Å². The second-order valence-electron chi connectivity index (χ2n) is 14.3. The largest absolute Gasteiger partial charge is 0.492 e. The number of carbonyl (C=O) groups is 5. The van der Waals surface area contributed by atoms with Crippen LogP contribution in [0.2, 0.25) is 0 Å². The minimum Gasteiger partial charge on any atom is -0.492 e. The standard InChI is InChI=1S/C41H52O14/c1-6-7-8-9-10-11-34(43)54-37-29(22-36(45)49-4)20-30-23-31(24-42)53-35(44)18-19-51-33-17-16-28(26-12-14-27(15-13-26)38(46)50-5)21-32(33)39(47)52-25-40(2,3)41(37,48)55-30/h12-17,21-22,30-31,37,42,48H,6-11,18-20,23-25H2,1-5H3/b29-22+/t30-,31+,37-,41+/m0/s1. The van der Waals surface area contributed by atoms with Crippen LogP contribution in [-0.2, 0) is 42.8 Å². The summed E-state index contributed by atoms with van der Waals surface area (Å²) in [7, 11) is 2.46. The summed E-state index contributed by atoms with van der Waals surface area (Å²) >= 11 is 0. The van der Waals surface area contributed by atoms with Crippen LogP contribution in [0, 0.1) is 5.41 Å². The summed E-state index contributed by atoms with van der Waals surface area (Å²) in [5.41, 5.74) is 0.187. The van der Waals surface area contributed by atoms with Crippen LogP contribution >= 0.6 is 0 Å². The molecule has 2 heterocycles. The molecule has 0 aliphatic carbocycles. The molecule has 55 heavy (non-hydrogen) atoms. The maximum atomic E-state index is 13.9. The summed E-state index contributed by atoms with van der Waals surface area (Å²) in [4.78, 5) is 64.7. The van der Waals surface area contributed by atoms with E-state index in [0.717, 1.165) is 31.8 Å². The first-order valence-corrected chi connectivity index (χ1v) is 18.6. The molecule has 2 aliphatic rings. The highest BCUT2D eigenvalue weighted by Crippen LogP contribution is 2.46. The molecular weight excluding hydrogens is 716 g/mol. The number of esters is 5. The van der Waals surface area contributed by atoms with Gasteiger partial charge in [-0.15, -0.1) is 0 Å². The quantitative estimate of drug-likeness (QED) is 0.130. The lowest BCUT2D eigenvalue weighted by Gasteiger charge is -2.51. The van der Waals surface area contributed by atoms with E-state index >= 15 is 0 Å². The number of ether oxygens (including phenoxy) is 7. The molecule has 2 N–H and O–H groups in total. The third-order valence-corrected chi connectivity index (χ3v) is 9.70. The van der Waals surface area contributed by atoms with Crippen molar-refractivity contribution in [2.75, 3.05) is 34.0 Å². The van der Waals surface area contributed by atoms with Crippen molar-refractivity contribution in [2.45, 2.75) is 103 Å². The van der Waals surface area contributed by atoms with Gasteiger partial charge in [-0.3, -0.25) is 9.59 Å². The Kier molecular flexibility index (Phi) is 15.4. The number of rotatable bonds is 11. The molecule has 14 heteroatoms. The molecule has 0 spiro atoms. The van der Waals surface area contributed by atoms with E-state index in [1.54, 1.807) is 50.2 Å². The highest BCUT2D eigenvalue weighted by Gasteiger charge is 2.59. The molecule has 2 aromatic carbocycles. The van der Waals surface area contributed by atoms with Crippen molar-refractivity contribution in [3.05, 3.63) is 65.2 Å². The van der Waals surface area contributed by atoms with Crippen molar-refractivity contribution in [1.82, 2.24) is 0 Å². The Morgan fingerprint density at radius 2 is 1.65 bits per heavy atom. The van der Waals surface area contributed by atoms with E-state index in [9.17, 15) is 34.2 Å². The number of hydrogen-bond donors (Lipinski definition) is 2. The van der Waals surface area contributed by atoms with Crippen molar-refractivity contribution in [3.8, 4) is 16.9 Å². The number of hydrogen-bond acceptors (Lipinski definition) is 14. The first kappa shape index (κ1) is 42.9. The molecule has 0 radical (unpaired) electrons. The zero-order valence-corrected chi connectivity index (χ0v) is 32.1. The lowest BCUT2D eigenvalue weighted by atomic mass is 9.75. The topological polar surface area (TPSA) is 190 Å². The molecule has 4 rings (SSSR count). The van der Waals surface area contributed by atoms with Crippen LogP contribution in [0.4, 0.5) is 0 Å². The molecule has 2 aliphatic heterocycles. The Hall–Kier alpha value is -4.79. The molecule has 0 saturated carbocycles. The smallest absolute Gasteiger partial charge is 0.341 e. The fourth-order valence-electron chi connectivity index (χ4n) is 6.47. The average molecular weight is 769 g/mol. The average Bonchev–Trinajstić information content (AvgIpc) is 3.17. The Morgan fingerprint density at radius 3 is 2.33 bits per heavy atom. The molecule has 0 amide bonds. The second-order valence-corrected chi connectivity index (χ2v) is 14.3. The van der Waals surface area contributed by atoms with Gasteiger partial charge < -0.3 is 43.4 Å². The Bertz CT molecular complexity index is 1700. The predicted molar refractivity (Wildman–Crippen MR) is 197 cm³/mol. The first-order chi connectivity index (χ1) is 26.2. The number of unbranched alkanes of at least 4 members (excludes halogenated alkanes) is 4. The van der Waals surface area contributed by atoms with Crippen LogP contribution in [-0.4, -0.2) is 98.2 Å². The van der Waals surface area contributed by atoms with E-state index in [2.05, 4.69) is 6.92 Å². The maximum Gasteiger partial charge on any atom is 0.341 e. The molecule has 4 atom stereocenters. The van der Waals surface area contributed by atoms with Crippen LogP contribution in [0.3, 0.4) is 0 Å². The first-order valence-electron chi connectivity index (χ1n) is 18.6. The monoisotopic (exact) mass is 768 g/mol. The lowest BCUT2D eigenvalue weighted by Crippen LogP contribution is -2.63. The highest BCUT2D eigenvalue weighted by molar-refractivity contribution is 5.95. The molecular formula is C41H52O14. The number of carbonyl (C=O) groups excluding carboxylic acids is 5. The second kappa shape index (κ2) is 19.7. The third-order valence-electron chi connectivity index (χ3n) is 9.70. The molecule has 0 aromatic heterocycles. The normalized spacial score (nSPS) is 23.7. The number of fused-ring (bicyclic) bond motifs is 3. The number of aliphatic hydroxyl groups excluding tert-OH is 1. The molecule has 14 nitrogen and oxygen atoms in total. The van der Waals surface area contributed by atoms with Crippen molar-refractivity contribution in [1.29, 1.82) is 0 Å². The van der Waals surface area contributed by atoms with Crippen LogP contribution in [0.5, 0.6) is 5.75 Å². The van der Waals surface area contributed by atoms with Gasteiger partial charge in [0.25, 0.3) is 0 Å². The van der Waals surface area contributed by atoms with E-state index in [0.29, 0.717) is 23.1 Å². The number of aliphatic hydroxyl groups is 2. The number of methoxy groups -OCH3 is 2. The van der Waals surface area contributed by atoms with Crippen LogP contribution in [0.25, 0.3) is 11.1 Å². The molecule has 0 unspecified atom stereocenters. The van der Waals surface area contributed by atoms with Crippen molar-refractivity contribution in [2.24, 2.45) is 5.41 Å². The van der Waals surface area contributed by atoms with Crippen molar-refractivity contribution < 1.29 is 67.3 Å². The number of cyclic esters (lactones) is 2. The molecule has 300 valence electrons. The van der Waals surface area contributed by atoms with E-state index in [-0.39, 0.29) is 49.2 Å². The summed E-state index contributed by atoms with van der Waals surface area (Å²) in [6, 6.07) is 11.3. The van der Waals surface area contributed by atoms with Gasteiger partial charge in [-0.1, -0.05) is 64.7 Å². The summed E-state index contributed by atoms with van der Waals surface area (Å²) in [6.07, 6.45) is 1.53. The van der Waals surface area contributed by atoms with Gasteiger partial charge in [0, 0.05) is 18.9 Å². The zero-order chi connectivity index (χ0) is 40.2. The molecule has 1 saturated heterocycles. The zero-order valence-electron chi connectivity index (χ0n) is 32.1. The Morgan fingerprint density at radius 1 is 0.945 bits per heavy atom. The molecule has 2 bridgehead atoms. The predicted octanol–water partition coefficient (Wildman–Crippen LogP) is 5.25. The van der Waals surface area contributed by atoms with Crippen LogP contribution in [0.15, 0.2) is 54.1 Å². The van der Waals surface area contributed by atoms with Crippen LogP contribution in [0.1, 0.15) is 99.3 Å². The van der Waals surface area contributed by atoms with Gasteiger partial charge >= 0.3 is 29.8 Å². The third kappa shape index (κ3) is 11.1. The van der Waals surface area contributed by atoms with E-state index in [1.807, 2.05) is 0 Å². The van der Waals surface area contributed by atoms with Gasteiger partial charge in [-0.05, 0) is 53.8 Å². The highest BCUT2D eigenvalue weighted by atomic mass is 16.7. The minimum atomic E-state index is -2.42. The van der Waals surface area contributed by atoms with E-state index in [4.69, 9.17) is 33.2 Å². The minimum absolute atomic E-state index is 0.00852. The van der Waals surface area contributed by atoms with Gasteiger partial charge in [-0.2, -0.15) is 0 Å². The maximum absolute atomic E-state index is 13.9. The summed E-state index contributed by atoms with van der Waals surface area (Å²) < 4.78 is 39.2. The fraction of sp³-hybridized carbons (Fsp3) is 0.537. The van der Waals surface area contributed by atoms with Gasteiger partial charge in [-0.25, -0.2) is 14.4 Å². The SMILES string of the molecule is CCCCCCCC(=O)O[C@H]1/C(=C/C(=O)OC)C[C@H]2C[C@H](CO)OC(=O)CCOc3ccc(-c4ccc(C(=O)OC)cc4)cc3C(=O)OCC(C)(C)[C@]1(O)O2. The Labute approximate surface area is 321 Å². The fourth-order valence-corrected chi connectivity index (χ4v) is 6.47. The van der Waals surface area contributed by atoms with Gasteiger partial charge in [0.2, 0.25) is 5.79 Å². The van der Waals surface area contributed by atoms with Crippen molar-refractivity contribution in [3.63, 3.8) is 0 Å². The summed E-state index contributed by atoms with van der Waals surface area (Å²) in [6.45, 7) is 3.96. The Balaban J connectivity index is 1.74. The van der Waals surface area contributed by atoms with Gasteiger partial charge in [0.1, 0.15) is 24.0 Å². The molecule has 1 fully saturated rings. The van der Waals surface area contributed by atoms with Gasteiger partial charge in [0.05, 0.1) is 50.9 Å². The lowest BCUT2D eigenvalue weighted by molar-refractivity contribution is -0.340. The van der Waals surface area contributed by atoms with E-state index < -0.39 is 72.6 Å². The summed E-state index contributed by atoms with van der Waals surface area (Å²) in [5, 5.41) is 22.8. The number of benzene rings is 2. The van der Waals surface area contributed by atoms with Crippen molar-refractivity contribution >= 4 is 29.8 Å². The van der Waals surface area contributed by atoms with E-state index in [1.165, 1.54) is 20.3 Å².